The summed E-state index contributed by atoms with van der Waals surface area (Å²) in [6, 6.07) is 33.8. The summed E-state index contributed by atoms with van der Waals surface area (Å²) in [6.45, 7) is 4.27. The van der Waals surface area contributed by atoms with Gasteiger partial charge in [0.2, 0.25) is 0 Å². The average molecular weight is 534 g/mol. The van der Waals surface area contributed by atoms with E-state index in [2.05, 4.69) is 29.6 Å². The molecule has 0 radical (unpaired) electrons. The average Bonchev–Trinajstić information content (AvgIpc) is 3.42. The molecule has 2 aliphatic carbocycles. The van der Waals surface area contributed by atoms with Gasteiger partial charge >= 0.3 is 11.7 Å². The minimum absolute atomic E-state index is 0.139. The Bertz CT molecular complexity index is 1500. The van der Waals surface area contributed by atoms with Crippen molar-refractivity contribution in [2.24, 2.45) is 0 Å². The van der Waals surface area contributed by atoms with E-state index in [1.54, 1.807) is 6.07 Å². The molecule has 0 unspecified atom stereocenters. The van der Waals surface area contributed by atoms with Crippen molar-refractivity contribution in [3.8, 4) is 28.3 Å². The van der Waals surface area contributed by atoms with Crippen LogP contribution in [0.3, 0.4) is 0 Å². The summed E-state index contributed by atoms with van der Waals surface area (Å²) < 4.78 is 5.43. The Morgan fingerprint density at radius 3 is 1.38 bits per heavy atom. The van der Waals surface area contributed by atoms with Crippen LogP contribution in [-0.4, -0.2) is 21.6 Å². The molecular weight excluding hydrogens is 506 g/mol. The number of hydrogen-bond donors (Lipinski definition) is 1. The predicted molar refractivity (Wildman–Crippen MR) is 155 cm³/mol. The summed E-state index contributed by atoms with van der Waals surface area (Å²) in [5, 5.41) is 7.18. The molecule has 0 saturated carbocycles. The fraction of sp³-hybridized carbons (Fsp3) is 0.125. The highest BCUT2D eigenvalue weighted by molar-refractivity contribution is 7.96. The van der Waals surface area contributed by atoms with Gasteiger partial charge in [-0.25, -0.2) is 0 Å². The number of nitriles is 1. The zero-order chi connectivity index (χ0) is 28.4. The maximum Gasteiger partial charge on any atom is 0.330 e. The zero-order valence-electron chi connectivity index (χ0n) is 21.8. The molecular formula is C32H27N3O3S. The lowest BCUT2D eigenvalue weighted by atomic mass is 10.1. The molecule has 0 atom stereocenters. The quantitative estimate of drug-likeness (QED) is 0.108. The Hall–Kier alpha value is -4.76. The van der Waals surface area contributed by atoms with Crippen molar-refractivity contribution in [2.75, 3.05) is 0 Å². The second kappa shape index (κ2) is 13.7. The van der Waals surface area contributed by atoms with Crippen molar-refractivity contribution in [1.82, 2.24) is 0 Å². The summed E-state index contributed by atoms with van der Waals surface area (Å²) in [6.07, 6.45) is -0.250. The maximum absolute atomic E-state index is 11.2. The molecule has 0 fully saturated rings. The van der Waals surface area contributed by atoms with Gasteiger partial charge in [-0.2, -0.15) is 10.1 Å². The molecule has 7 heteroatoms. The largest absolute Gasteiger partial charge is 0.453 e. The van der Waals surface area contributed by atoms with Crippen LogP contribution < -0.4 is 0 Å². The van der Waals surface area contributed by atoms with Crippen molar-refractivity contribution >= 4 is 29.4 Å². The lowest BCUT2D eigenvalue weighted by molar-refractivity contribution is -0.144. The first-order valence-electron chi connectivity index (χ1n) is 12.1. The minimum Gasteiger partial charge on any atom is -0.453 e. The number of fused-ring (bicyclic) bond motifs is 6. The van der Waals surface area contributed by atoms with Gasteiger partial charge in [0.1, 0.15) is 0 Å². The van der Waals surface area contributed by atoms with Gasteiger partial charge in [0.15, 0.2) is 11.2 Å². The van der Waals surface area contributed by atoms with E-state index in [0.29, 0.717) is 5.71 Å². The van der Waals surface area contributed by atoms with Crippen molar-refractivity contribution in [3.63, 3.8) is 0 Å². The van der Waals surface area contributed by atoms with Crippen LogP contribution in [0, 0.1) is 11.3 Å². The van der Waals surface area contributed by atoms with E-state index in [9.17, 15) is 9.59 Å². The third-order valence-corrected chi connectivity index (χ3v) is 5.82. The number of esters is 1. The second-order valence-electron chi connectivity index (χ2n) is 8.45. The van der Waals surface area contributed by atoms with Crippen LogP contribution in [-0.2, 0) is 14.3 Å². The first-order valence-corrected chi connectivity index (χ1v) is 12.6. The van der Waals surface area contributed by atoms with E-state index >= 15 is 0 Å². The standard InChI is InChI=1S/C15H12O2.C13H8N2.C2H3N.C2H4OS/c1-10(16)17-15-13-8-4-2-6-11(13)12-7-3-5-9-14(12)15;14-15-13-11-7-3-1-5-9(11)10-6-2-4-8-12(10)13;1-2-3;1-2(3)4/h2-9,15H,1H3;1-8H;1H3;1H3,(H,3,4). The molecule has 0 saturated heterocycles. The number of ether oxygens (including phenoxy) is 1. The molecule has 0 spiro atoms. The van der Waals surface area contributed by atoms with Crippen LogP contribution in [0.2, 0.25) is 0 Å². The smallest absolute Gasteiger partial charge is 0.330 e. The van der Waals surface area contributed by atoms with Gasteiger partial charge in [0.25, 0.3) is 0 Å². The second-order valence-corrected chi connectivity index (χ2v) is 9.08. The lowest BCUT2D eigenvalue weighted by Gasteiger charge is -2.13. The van der Waals surface area contributed by atoms with Gasteiger partial charge in [-0.3, -0.25) is 9.59 Å². The van der Waals surface area contributed by atoms with Crippen molar-refractivity contribution in [2.45, 2.75) is 26.9 Å². The summed E-state index contributed by atoms with van der Waals surface area (Å²) in [4.78, 5) is 23.9. The van der Waals surface area contributed by atoms with Gasteiger partial charge < -0.3 is 10.3 Å². The zero-order valence-corrected chi connectivity index (χ0v) is 22.7. The van der Waals surface area contributed by atoms with E-state index < -0.39 is 0 Å². The molecule has 2 aliphatic rings. The number of benzene rings is 4. The molecule has 6 nitrogen and oxygen atoms in total. The Labute approximate surface area is 233 Å². The Balaban J connectivity index is 0.000000176. The molecule has 0 amide bonds. The summed E-state index contributed by atoms with van der Waals surface area (Å²) in [5.74, 6) is -0.249. The molecule has 6 rings (SSSR count). The maximum atomic E-state index is 11.2. The fourth-order valence-corrected chi connectivity index (χ4v) is 4.50. The number of hydrogen-bond acceptors (Lipinski definition) is 4. The van der Waals surface area contributed by atoms with Crippen LogP contribution in [0.25, 0.3) is 27.8 Å². The number of rotatable bonds is 1. The van der Waals surface area contributed by atoms with Gasteiger partial charge in [-0.15, -0.1) is 12.6 Å². The van der Waals surface area contributed by atoms with Crippen molar-refractivity contribution in [3.05, 3.63) is 125 Å². The highest BCUT2D eigenvalue weighted by Gasteiger charge is 2.31. The first-order chi connectivity index (χ1) is 18.8. The lowest BCUT2D eigenvalue weighted by Crippen LogP contribution is -2.06. The summed E-state index contributed by atoms with van der Waals surface area (Å²) in [5.41, 5.74) is 18.5. The third kappa shape index (κ3) is 6.77. The van der Waals surface area contributed by atoms with E-state index in [1.807, 2.05) is 84.9 Å². The number of carbonyl (C=O) groups excluding carboxylic acids is 2. The Kier molecular flexibility index (Phi) is 10.1. The highest BCUT2D eigenvalue weighted by Crippen LogP contribution is 2.45. The Morgan fingerprint density at radius 1 is 0.744 bits per heavy atom. The van der Waals surface area contributed by atoms with Crippen LogP contribution in [0.4, 0.5) is 0 Å². The molecule has 0 N–H and O–H groups in total. The van der Waals surface area contributed by atoms with E-state index in [-0.39, 0.29) is 17.2 Å². The number of carbonyl (C=O) groups is 2. The number of nitrogens with zero attached hydrogens (tertiary/aromatic N) is 3. The molecule has 4 aromatic carbocycles. The van der Waals surface area contributed by atoms with Crippen LogP contribution >= 0.6 is 12.6 Å². The van der Waals surface area contributed by atoms with Gasteiger partial charge in [-0.05, 0) is 34.4 Å². The van der Waals surface area contributed by atoms with Gasteiger partial charge in [0.05, 0.1) is 17.2 Å². The van der Waals surface area contributed by atoms with E-state index in [0.717, 1.165) is 44.5 Å². The SMILES string of the molecule is CC#N.CC(=O)OC1c2ccccc2-c2ccccc21.CC(=O)S.[N-]=[N+]=C1c2ccccc2-c2ccccc21. The fourth-order valence-electron chi connectivity index (χ4n) is 4.50. The van der Waals surface area contributed by atoms with Crippen molar-refractivity contribution in [1.29, 1.82) is 5.26 Å². The van der Waals surface area contributed by atoms with Crippen LogP contribution in [0.15, 0.2) is 97.1 Å². The van der Waals surface area contributed by atoms with E-state index in [1.165, 1.54) is 20.8 Å². The molecule has 0 aliphatic heterocycles. The first kappa shape index (κ1) is 28.8. The summed E-state index contributed by atoms with van der Waals surface area (Å²) >= 11 is 3.33. The van der Waals surface area contributed by atoms with Crippen LogP contribution in [0.5, 0.6) is 0 Å². The van der Waals surface area contributed by atoms with Crippen LogP contribution in [0.1, 0.15) is 49.1 Å². The third-order valence-electron chi connectivity index (χ3n) is 5.82. The molecule has 194 valence electrons. The highest BCUT2D eigenvalue weighted by atomic mass is 32.1. The van der Waals surface area contributed by atoms with E-state index in [4.69, 9.17) is 15.5 Å². The molecule has 0 bridgehead atoms. The number of thiol groups is 1. The summed E-state index contributed by atoms with van der Waals surface area (Å²) in [7, 11) is 0. The Morgan fingerprint density at radius 2 is 1.05 bits per heavy atom. The molecule has 0 aromatic heterocycles. The monoisotopic (exact) mass is 533 g/mol. The normalized spacial score (nSPS) is 11.1. The van der Waals surface area contributed by atoms with Crippen molar-refractivity contribution < 1.29 is 19.1 Å². The predicted octanol–water partition coefficient (Wildman–Crippen LogP) is 7.05. The van der Waals surface area contributed by atoms with Gasteiger partial charge in [-0.1, -0.05) is 84.9 Å². The minimum atomic E-state index is -0.250. The molecule has 4 aromatic rings. The molecule has 0 heterocycles. The van der Waals surface area contributed by atoms with Gasteiger partial charge in [0, 0.05) is 31.9 Å². The molecule has 39 heavy (non-hydrogen) atoms. The topological polar surface area (TPSA) is 104 Å².